The molecule has 31 heavy (non-hydrogen) atoms. The van der Waals surface area contributed by atoms with E-state index >= 15 is 0 Å². The molecule has 0 fully saturated rings. The van der Waals surface area contributed by atoms with E-state index in [2.05, 4.69) is 27.1 Å². The summed E-state index contributed by atoms with van der Waals surface area (Å²) in [5, 5.41) is 8.44. The van der Waals surface area contributed by atoms with Gasteiger partial charge in [-0.25, -0.2) is 9.50 Å². The van der Waals surface area contributed by atoms with Crippen LogP contribution in [0.5, 0.6) is 0 Å². The number of hydrogen-bond donors (Lipinski definition) is 0. The van der Waals surface area contributed by atoms with Crippen molar-refractivity contribution in [3.8, 4) is 11.4 Å². The van der Waals surface area contributed by atoms with E-state index in [1.54, 1.807) is 0 Å². The van der Waals surface area contributed by atoms with Gasteiger partial charge in [0.05, 0.1) is 5.69 Å². The Morgan fingerprint density at radius 2 is 1.90 bits per heavy atom. The second-order valence-corrected chi connectivity index (χ2v) is 7.54. The molecule has 0 radical (unpaired) electrons. The van der Waals surface area contributed by atoms with Crippen LogP contribution in [0.15, 0.2) is 34.9 Å². The molecule has 0 aliphatic carbocycles. The van der Waals surface area contributed by atoms with Gasteiger partial charge >= 0.3 is 5.97 Å². The zero-order valence-corrected chi connectivity index (χ0v) is 18.2. The topological polar surface area (TPSA) is 95.4 Å². The summed E-state index contributed by atoms with van der Waals surface area (Å²) in [7, 11) is 0. The van der Waals surface area contributed by atoms with Gasteiger partial charge in [-0.3, -0.25) is 4.79 Å². The standard InChI is InChI=1S/C23H25N5O3/c1-5-17-6-8-18(9-7-17)23-25-21(31-27-23)13-30-22(29)11-10-19-15(3)24-20-12-14(2)26-28(20)16(19)4/h6-9,12H,5,10-11,13H2,1-4H3. The minimum atomic E-state index is -0.331. The maximum absolute atomic E-state index is 12.3. The number of hydrogen-bond acceptors (Lipinski definition) is 7. The van der Waals surface area contributed by atoms with Gasteiger partial charge in [-0.15, -0.1) is 0 Å². The minimum absolute atomic E-state index is 0.0491. The number of rotatable bonds is 7. The quantitative estimate of drug-likeness (QED) is 0.419. The highest BCUT2D eigenvalue weighted by molar-refractivity contribution is 5.69. The molecule has 3 heterocycles. The average Bonchev–Trinajstić information content (AvgIpc) is 3.38. The summed E-state index contributed by atoms with van der Waals surface area (Å²) in [5.74, 6) is 0.418. The molecular weight excluding hydrogens is 394 g/mol. The zero-order chi connectivity index (χ0) is 22.0. The first-order valence-corrected chi connectivity index (χ1v) is 10.3. The average molecular weight is 419 g/mol. The van der Waals surface area contributed by atoms with Gasteiger partial charge in [0.15, 0.2) is 12.3 Å². The van der Waals surface area contributed by atoms with Crippen LogP contribution >= 0.6 is 0 Å². The normalized spacial score (nSPS) is 11.2. The summed E-state index contributed by atoms with van der Waals surface area (Å²) in [6.45, 7) is 7.92. The van der Waals surface area contributed by atoms with Crippen molar-refractivity contribution in [3.05, 3.63) is 64.4 Å². The number of ether oxygens (including phenoxy) is 1. The third kappa shape index (κ3) is 4.47. The molecule has 0 atom stereocenters. The highest BCUT2D eigenvalue weighted by Gasteiger charge is 2.15. The largest absolute Gasteiger partial charge is 0.456 e. The summed E-state index contributed by atoms with van der Waals surface area (Å²) in [5.41, 5.74) is 6.71. The van der Waals surface area contributed by atoms with Crippen molar-refractivity contribution in [1.29, 1.82) is 0 Å². The minimum Gasteiger partial charge on any atom is -0.456 e. The molecule has 0 N–H and O–H groups in total. The molecule has 0 amide bonds. The van der Waals surface area contributed by atoms with Gasteiger partial charge in [0.1, 0.15) is 0 Å². The van der Waals surface area contributed by atoms with Crippen molar-refractivity contribution in [1.82, 2.24) is 24.7 Å². The Morgan fingerprint density at radius 3 is 2.65 bits per heavy atom. The van der Waals surface area contributed by atoms with E-state index in [0.29, 0.717) is 12.2 Å². The van der Waals surface area contributed by atoms with Crippen molar-refractivity contribution >= 4 is 11.6 Å². The van der Waals surface area contributed by atoms with Gasteiger partial charge in [-0.2, -0.15) is 10.1 Å². The molecule has 0 aliphatic rings. The Kier molecular flexibility index (Phi) is 5.79. The lowest BCUT2D eigenvalue weighted by molar-refractivity contribution is -0.145. The van der Waals surface area contributed by atoms with Crippen molar-refractivity contribution in [2.24, 2.45) is 0 Å². The van der Waals surface area contributed by atoms with Crippen LogP contribution in [0.2, 0.25) is 0 Å². The molecule has 8 nitrogen and oxygen atoms in total. The summed E-state index contributed by atoms with van der Waals surface area (Å²) >= 11 is 0. The Hall–Kier alpha value is -3.55. The number of nitrogens with zero attached hydrogens (tertiary/aromatic N) is 5. The fourth-order valence-electron chi connectivity index (χ4n) is 3.56. The zero-order valence-electron chi connectivity index (χ0n) is 18.2. The molecule has 3 aromatic heterocycles. The highest BCUT2D eigenvalue weighted by Crippen LogP contribution is 2.19. The monoisotopic (exact) mass is 419 g/mol. The van der Waals surface area contributed by atoms with E-state index in [1.807, 2.05) is 55.6 Å². The molecule has 160 valence electrons. The molecule has 0 bridgehead atoms. The maximum Gasteiger partial charge on any atom is 0.306 e. The van der Waals surface area contributed by atoms with Gasteiger partial charge in [-0.05, 0) is 44.7 Å². The predicted molar refractivity (Wildman–Crippen MR) is 114 cm³/mol. The van der Waals surface area contributed by atoms with Crippen LogP contribution in [0.25, 0.3) is 17.0 Å². The molecule has 0 saturated carbocycles. The highest BCUT2D eigenvalue weighted by atomic mass is 16.6. The van der Waals surface area contributed by atoms with Crippen LogP contribution in [0.1, 0.15) is 47.4 Å². The van der Waals surface area contributed by atoms with Crippen LogP contribution in [0.3, 0.4) is 0 Å². The van der Waals surface area contributed by atoms with Crippen molar-refractivity contribution in [2.45, 2.75) is 53.6 Å². The van der Waals surface area contributed by atoms with Crippen LogP contribution in [0, 0.1) is 20.8 Å². The molecule has 4 rings (SSSR count). The molecule has 0 saturated heterocycles. The first-order valence-electron chi connectivity index (χ1n) is 10.3. The lowest BCUT2D eigenvalue weighted by Crippen LogP contribution is -2.10. The number of carbonyl (C=O) groups excluding carboxylic acids is 1. The van der Waals surface area contributed by atoms with Crippen LogP contribution in [-0.2, 0) is 29.0 Å². The third-order valence-electron chi connectivity index (χ3n) is 5.31. The van der Waals surface area contributed by atoms with Gasteiger partial charge in [0, 0.05) is 29.4 Å². The summed E-state index contributed by atoms with van der Waals surface area (Å²) in [6.07, 6.45) is 1.73. The number of benzene rings is 1. The molecule has 0 aliphatic heterocycles. The fraction of sp³-hybridized carbons (Fsp3) is 0.348. The van der Waals surface area contributed by atoms with Crippen molar-refractivity contribution in [3.63, 3.8) is 0 Å². The smallest absolute Gasteiger partial charge is 0.306 e. The molecule has 0 unspecified atom stereocenters. The van der Waals surface area contributed by atoms with Crippen LogP contribution in [-0.4, -0.2) is 30.7 Å². The fourth-order valence-corrected chi connectivity index (χ4v) is 3.56. The van der Waals surface area contributed by atoms with Crippen LogP contribution in [0.4, 0.5) is 0 Å². The summed E-state index contributed by atoms with van der Waals surface area (Å²) in [4.78, 5) is 21.2. The van der Waals surface area contributed by atoms with Gasteiger partial charge in [0.2, 0.25) is 5.82 Å². The van der Waals surface area contributed by atoms with Gasteiger partial charge in [0.25, 0.3) is 5.89 Å². The van der Waals surface area contributed by atoms with Crippen molar-refractivity contribution < 1.29 is 14.1 Å². The Labute approximate surface area is 180 Å². The first-order chi connectivity index (χ1) is 14.9. The van der Waals surface area contributed by atoms with E-state index in [9.17, 15) is 4.79 Å². The molecule has 4 aromatic rings. The van der Waals surface area contributed by atoms with Gasteiger partial charge < -0.3 is 9.26 Å². The van der Waals surface area contributed by atoms with E-state index in [-0.39, 0.29) is 24.9 Å². The van der Waals surface area contributed by atoms with E-state index in [1.165, 1.54) is 5.56 Å². The first kappa shape index (κ1) is 20.7. The number of carbonyl (C=O) groups is 1. The second-order valence-electron chi connectivity index (χ2n) is 7.54. The lowest BCUT2D eigenvalue weighted by atomic mass is 10.1. The second kappa shape index (κ2) is 8.67. The van der Waals surface area contributed by atoms with Crippen molar-refractivity contribution in [2.75, 3.05) is 0 Å². The number of aryl methyl sites for hydroxylation is 4. The molecular formula is C23H25N5O3. The molecule has 0 spiro atoms. The SMILES string of the molecule is CCc1ccc(-c2noc(COC(=O)CCc3c(C)nc4cc(C)nn4c3C)n2)cc1. The molecule has 8 heteroatoms. The summed E-state index contributed by atoms with van der Waals surface area (Å²) in [6, 6.07) is 9.92. The van der Waals surface area contributed by atoms with E-state index < -0.39 is 0 Å². The van der Waals surface area contributed by atoms with E-state index in [0.717, 1.165) is 40.3 Å². The Morgan fingerprint density at radius 1 is 1.13 bits per heavy atom. The Bertz CT molecular complexity index is 1220. The maximum atomic E-state index is 12.3. The Balaban J connectivity index is 1.35. The number of fused-ring (bicyclic) bond motifs is 1. The lowest BCUT2D eigenvalue weighted by Gasteiger charge is -2.10. The predicted octanol–water partition coefficient (Wildman–Crippen LogP) is 3.94. The van der Waals surface area contributed by atoms with Gasteiger partial charge in [-0.1, -0.05) is 36.3 Å². The number of aromatic nitrogens is 5. The summed E-state index contributed by atoms with van der Waals surface area (Å²) < 4.78 is 12.4. The van der Waals surface area contributed by atoms with E-state index in [4.69, 9.17) is 9.26 Å². The number of esters is 1. The van der Waals surface area contributed by atoms with Crippen LogP contribution < -0.4 is 0 Å². The third-order valence-corrected chi connectivity index (χ3v) is 5.31. The molecule has 1 aromatic carbocycles.